The first kappa shape index (κ1) is 69.9. The highest BCUT2D eigenvalue weighted by atomic mass is 16.6. The molecule has 0 aromatic rings. The molecule has 5 nitrogen and oxygen atoms in total. The second-order valence-electron chi connectivity index (χ2n) is 21.7. The predicted molar refractivity (Wildman–Crippen MR) is 316 cm³/mol. The highest BCUT2D eigenvalue weighted by Crippen LogP contribution is 2.17. The summed E-state index contributed by atoms with van der Waals surface area (Å²) in [6.07, 6.45) is 80.0. The van der Waals surface area contributed by atoms with Gasteiger partial charge in [0.2, 0.25) is 0 Å². The van der Waals surface area contributed by atoms with Crippen LogP contribution in [0, 0.1) is 0 Å². The second kappa shape index (κ2) is 63.2. The van der Waals surface area contributed by atoms with Crippen LogP contribution in [-0.2, 0) is 23.8 Å². The maximum Gasteiger partial charge on any atom is 0.306 e. The molecule has 1 atom stereocenters. The Morgan fingerprint density at radius 1 is 0.306 bits per heavy atom. The molecule has 0 heterocycles. The number of ether oxygens (including phenoxy) is 3. The molecular weight excluding hydrogens is 885 g/mol. The third kappa shape index (κ3) is 60.4. The summed E-state index contributed by atoms with van der Waals surface area (Å²) in [6.45, 7) is 7.84. The number of rotatable bonds is 60. The van der Waals surface area contributed by atoms with Gasteiger partial charge in [-0.1, -0.05) is 294 Å². The van der Waals surface area contributed by atoms with Crippen molar-refractivity contribution in [2.45, 2.75) is 348 Å². The van der Waals surface area contributed by atoms with Gasteiger partial charge in [0.1, 0.15) is 6.61 Å². The van der Waals surface area contributed by atoms with Crippen molar-refractivity contribution < 1.29 is 23.8 Å². The first-order chi connectivity index (χ1) is 35.6. The Labute approximate surface area is 450 Å². The van der Waals surface area contributed by atoms with E-state index in [-0.39, 0.29) is 25.2 Å². The van der Waals surface area contributed by atoms with E-state index in [0.717, 1.165) is 57.8 Å². The molecule has 0 aliphatic heterocycles. The van der Waals surface area contributed by atoms with Gasteiger partial charge in [0.15, 0.2) is 6.10 Å². The van der Waals surface area contributed by atoms with Gasteiger partial charge in [-0.05, 0) is 83.5 Å². The number of allylic oxidation sites excluding steroid dienone is 8. The van der Waals surface area contributed by atoms with Crippen LogP contribution in [0.25, 0.3) is 0 Å². The molecule has 422 valence electrons. The van der Waals surface area contributed by atoms with Crippen molar-refractivity contribution >= 4 is 11.9 Å². The highest BCUT2D eigenvalue weighted by molar-refractivity contribution is 5.70. The normalized spacial score (nSPS) is 12.4. The van der Waals surface area contributed by atoms with E-state index in [9.17, 15) is 9.59 Å². The van der Waals surface area contributed by atoms with E-state index in [4.69, 9.17) is 14.2 Å². The molecule has 0 aliphatic rings. The molecule has 0 aromatic carbocycles. The van der Waals surface area contributed by atoms with Crippen molar-refractivity contribution in [2.75, 3.05) is 19.8 Å². The van der Waals surface area contributed by atoms with Gasteiger partial charge in [0.05, 0.1) is 6.61 Å². The fourth-order valence-corrected chi connectivity index (χ4v) is 9.52. The monoisotopic (exact) mass is 1010 g/mol. The molecule has 0 bridgehead atoms. The minimum absolute atomic E-state index is 0.0840. The first-order valence-electron chi connectivity index (χ1n) is 32.2. The smallest absolute Gasteiger partial charge is 0.306 e. The van der Waals surface area contributed by atoms with Crippen LogP contribution in [0.3, 0.4) is 0 Å². The topological polar surface area (TPSA) is 61.8 Å². The number of carbonyl (C=O) groups is 2. The largest absolute Gasteiger partial charge is 0.462 e. The Hall–Kier alpha value is -2.14. The summed E-state index contributed by atoms with van der Waals surface area (Å²) in [6, 6.07) is 0. The summed E-state index contributed by atoms with van der Waals surface area (Å²) < 4.78 is 17.6. The molecule has 0 spiro atoms. The van der Waals surface area contributed by atoms with Gasteiger partial charge < -0.3 is 14.2 Å². The Kier molecular flexibility index (Phi) is 61.3. The molecule has 0 fully saturated rings. The molecule has 0 saturated carbocycles. The summed E-state index contributed by atoms with van der Waals surface area (Å²) in [7, 11) is 0. The zero-order chi connectivity index (χ0) is 52.0. The molecule has 72 heavy (non-hydrogen) atoms. The fraction of sp³-hybridized carbons (Fsp3) is 0.851. The number of esters is 2. The molecule has 0 amide bonds. The SMILES string of the molecule is CCCCC/C=C\C/C=C\C/C=C\CCCCCCCCCOCC(COC(=O)CCCCCCCCCCCCCCCCCCCCC)OC(=O)CCCCCCCCC/C=C\CCCCCCCC. The maximum atomic E-state index is 12.9. The summed E-state index contributed by atoms with van der Waals surface area (Å²) in [5.41, 5.74) is 0. The van der Waals surface area contributed by atoms with E-state index in [2.05, 4.69) is 69.4 Å². The van der Waals surface area contributed by atoms with E-state index in [1.807, 2.05) is 0 Å². The van der Waals surface area contributed by atoms with Gasteiger partial charge in [-0.25, -0.2) is 0 Å². The number of hydrogen-bond donors (Lipinski definition) is 0. The van der Waals surface area contributed by atoms with Crippen LogP contribution in [0.5, 0.6) is 0 Å². The van der Waals surface area contributed by atoms with Gasteiger partial charge in [-0.3, -0.25) is 9.59 Å². The van der Waals surface area contributed by atoms with Gasteiger partial charge in [0, 0.05) is 19.4 Å². The second-order valence-corrected chi connectivity index (χ2v) is 21.7. The molecule has 5 heteroatoms. The van der Waals surface area contributed by atoms with Crippen LogP contribution in [0.1, 0.15) is 342 Å². The Morgan fingerprint density at radius 3 is 0.972 bits per heavy atom. The summed E-state index contributed by atoms with van der Waals surface area (Å²) in [4.78, 5) is 25.6. The Morgan fingerprint density at radius 2 is 0.583 bits per heavy atom. The zero-order valence-electron chi connectivity index (χ0n) is 48.7. The van der Waals surface area contributed by atoms with Crippen molar-refractivity contribution in [2.24, 2.45) is 0 Å². The van der Waals surface area contributed by atoms with Crippen LogP contribution in [0.15, 0.2) is 48.6 Å². The number of hydrogen-bond acceptors (Lipinski definition) is 5. The van der Waals surface area contributed by atoms with E-state index in [1.165, 1.54) is 250 Å². The van der Waals surface area contributed by atoms with Crippen molar-refractivity contribution in [1.29, 1.82) is 0 Å². The molecule has 0 radical (unpaired) electrons. The Bertz CT molecular complexity index is 1190. The standard InChI is InChI=1S/C67H124O5/c1-4-7-10-13-16-19-22-25-28-31-33-35-38-41-44-47-50-53-56-59-62-70-63-65(72-67(69)61-58-55-52-49-46-43-40-36-30-27-24-21-18-15-12-9-6-3)64-71-66(68)60-57-54-51-48-45-42-39-37-34-32-29-26-23-20-17-14-11-8-5-2/h16,19,25,27-28,30,33,35,65H,4-15,17-18,20-24,26,29,31-32,34,36-64H2,1-3H3/b19-16-,28-25-,30-27-,35-33-. The van der Waals surface area contributed by atoms with E-state index in [1.54, 1.807) is 0 Å². The average Bonchev–Trinajstić information content (AvgIpc) is 3.38. The minimum atomic E-state index is -0.543. The van der Waals surface area contributed by atoms with E-state index in [0.29, 0.717) is 19.4 Å². The third-order valence-corrected chi connectivity index (χ3v) is 14.3. The third-order valence-electron chi connectivity index (χ3n) is 14.3. The molecule has 0 rings (SSSR count). The lowest BCUT2D eigenvalue weighted by Crippen LogP contribution is -2.30. The summed E-state index contributed by atoms with van der Waals surface area (Å²) in [5, 5.41) is 0. The summed E-state index contributed by atoms with van der Waals surface area (Å²) >= 11 is 0. The highest BCUT2D eigenvalue weighted by Gasteiger charge is 2.18. The van der Waals surface area contributed by atoms with E-state index >= 15 is 0 Å². The van der Waals surface area contributed by atoms with Gasteiger partial charge in [-0.15, -0.1) is 0 Å². The van der Waals surface area contributed by atoms with Crippen LogP contribution in [0.2, 0.25) is 0 Å². The first-order valence-corrected chi connectivity index (χ1v) is 32.2. The van der Waals surface area contributed by atoms with Gasteiger partial charge >= 0.3 is 11.9 Å². The van der Waals surface area contributed by atoms with Crippen molar-refractivity contribution in [3.63, 3.8) is 0 Å². The number of carbonyl (C=O) groups excluding carboxylic acids is 2. The molecule has 1 unspecified atom stereocenters. The summed E-state index contributed by atoms with van der Waals surface area (Å²) in [5.74, 6) is -0.387. The fourth-order valence-electron chi connectivity index (χ4n) is 9.52. The lowest BCUT2D eigenvalue weighted by Gasteiger charge is -2.18. The number of unbranched alkanes of at least 4 members (excludes halogenated alkanes) is 41. The predicted octanol–water partition coefficient (Wildman–Crippen LogP) is 22.2. The molecule has 0 N–H and O–H groups in total. The van der Waals surface area contributed by atoms with Crippen LogP contribution >= 0.6 is 0 Å². The lowest BCUT2D eigenvalue weighted by molar-refractivity contribution is -0.163. The minimum Gasteiger partial charge on any atom is -0.462 e. The van der Waals surface area contributed by atoms with Crippen LogP contribution in [0.4, 0.5) is 0 Å². The molecule has 0 aliphatic carbocycles. The van der Waals surface area contributed by atoms with Crippen molar-refractivity contribution in [1.82, 2.24) is 0 Å². The average molecular weight is 1010 g/mol. The molecule has 0 aromatic heterocycles. The van der Waals surface area contributed by atoms with Gasteiger partial charge in [0.25, 0.3) is 0 Å². The lowest BCUT2D eigenvalue weighted by atomic mass is 10.0. The van der Waals surface area contributed by atoms with E-state index < -0.39 is 6.10 Å². The molecule has 0 saturated heterocycles. The van der Waals surface area contributed by atoms with Crippen molar-refractivity contribution in [3.8, 4) is 0 Å². The quantitative estimate of drug-likeness (QED) is 0.0345. The van der Waals surface area contributed by atoms with Crippen LogP contribution < -0.4 is 0 Å². The van der Waals surface area contributed by atoms with Gasteiger partial charge in [-0.2, -0.15) is 0 Å². The van der Waals surface area contributed by atoms with Crippen molar-refractivity contribution in [3.05, 3.63) is 48.6 Å². The molecular formula is C67H124O5. The zero-order valence-corrected chi connectivity index (χ0v) is 48.7. The maximum absolute atomic E-state index is 12.9. The Balaban J connectivity index is 4.26. The van der Waals surface area contributed by atoms with Crippen LogP contribution in [-0.4, -0.2) is 37.9 Å².